The van der Waals surface area contributed by atoms with Crippen LogP contribution in [0.1, 0.15) is 6.92 Å². The van der Waals surface area contributed by atoms with Gasteiger partial charge in [-0.2, -0.15) is 6.92 Å². The van der Waals surface area contributed by atoms with Crippen LogP contribution in [0.5, 0.6) is 0 Å². The van der Waals surface area contributed by atoms with E-state index in [2.05, 4.69) is 6.92 Å². The van der Waals surface area contributed by atoms with Gasteiger partial charge < -0.3 is 34.2 Å². The molecule has 12 nitrogen and oxygen atoms in total. The topological polar surface area (TPSA) is 241 Å². The average Bonchev–Trinajstić information content (AvgIpc) is 1.77. The van der Waals surface area contributed by atoms with Crippen molar-refractivity contribution in [1.29, 1.82) is 0 Å². The molecule has 0 rings (SSSR count). The van der Waals surface area contributed by atoms with Crippen LogP contribution >= 0.6 is 0 Å². The van der Waals surface area contributed by atoms with Crippen molar-refractivity contribution < 1.29 is 85.3 Å². The molecule has 0 radical (unpaired) electrons. The van der Waals surface area contributed by atoms with Gasteiger partial charge in [0.2, 0.25) is 0 Å². The van der Waals surface area contributed by atoms with E-state index >= 15 is 0 Å². The van der Waals surface area contributed by atoms with E-state index in [1.54, 1.807) is 6.92 Å². The minimum atomic E-state index is -5.17. The quantitative estimate of drug-likeness (QED) is 0.220. The minimum absolute atomic E-state index is 0. The molecule has 0 fully saturated rings. The minimum Gasteiger partial charge on any atom is -0.759 e. The van der Waals surface area contributed by atoms with Crippen LogP contribution in [0, 0.1) is 6.92 Å². The van der Waals surface area contributed by atoms with Crippen LogP contribution < -0.4 is 0 Å². The third-order valence-corrected chi connectivity index (χ3v) is 0. The van der Waals surface area contributed by atoms with Gasteiger partial charge >= 0.3 is 32.7 Å². The van der Waals surface area contributed by atoms with E-state index in [9.17, 15) is 0 Å². The monoisotopic (exact) mass is 406 g/mol. The Hall–Kier alpha value is 0.714. The molecule has 0 aliphatic heterocycles. The first-order valence-corrected chi connectivity index (χ1v) is 6.71. The smallest absolute Gasteiger partial charge is 0.759 e. The van der Waals surface area contributed by atoms with Gasteiger partial charge in [0.05, 0.1) is 0 Å². The Morgan fingerprint density at radius 1 is 0.556 bits per heavy atom. The van der Waals surface area contributed by atoms with E-state index in [1.807, 2.05) is 0 Å². The SMILES string of the molecule is O=S(=O)([O-])[O-].O=S(=O)([O-])[O-].O=S(=O)([O-])[O-].[CH2-]C.[Y+3]. The van der Waals surface area contributed by atoms with Crippen LogP contribution in [0.2, 0.25) is 0 Å². The maximum Gasteiger partial charge on any atom is 3.00 e. The van der Waals surface area contributed by atoms with Gasteiger partial charge in [-0.1, -0.05) is 0 Å². The fourth-order valence-corrected chi connectivity index (χ4v) is 0. The van der Waals surface area contributed by atoms with Crippen molar-refractivity contribution in [3.05, 3.63) is 6.92 Å². The summed E-state index contributed by atoms with van der Waals surface area (Å²) in [6, 6.07) is 0. The zero-order chi connectivity index (χ0) is 15.5. The van der Waals surface area contributed by atoms with Crippen LogP contribution in [0.25, 0.3) is 0 Å². The third-order valence-electron chi connectivity index (χ3n) is 0. The van der Waals surface area contributed by atoms with Crippen molar-refractivity contribution in [2.45, 2.75) is 6.92 Å². The van der Waals surface area contributed by atoms with Crippen LogP contribution in [-0.4, -0.2) is 52.6 Å². The van der Waals surface area contributed by atoms with Gasteiger partial charge in [0, 0.05) is 31.2 Å². The molecule has 0 saturated carbocycles. The van der Waals surface area contributed by atoms with Crippen LogP contribution in [-0.2, 0) is 63.9 Å². The summed E-state index contributed by atoms with van der Waals surface area (Å²) in [4.78, 5) is 0. The molecule has 0 aromatic carbocycles. The number of hydrogen-bond donors (Lipinski definition) is 0. The Morgan fingerprint density at radius 3 is 0.556 bits per heavy atom. The van der Waals surface area contributed by atoms with Gasteiger partial charge in [-0.3, -0.25) is 25.3 Å². The Balaban J connectivity index is -0.0000000427. The summed E-state index contributed by atoms with van der Waals surface area (Å²) in [6.07, 6.45) is 0. The van der Waals surface area contributed by atoms with Gasteiger partial charge in [0.1, 0.15) is 0 Å². The molecule has 0 bridgehead atoms. The molecule has 0 spiro atoms. The molecule has 0 N–H and O–H groups in total. The standard InChI is InChI=1S/C2H5.3H2O4S.Y/c1-2;3*1-5(2,3)4;/h1H2,2H3;3*(H2,1,2,3,4);/q-1;;;;+3/p-6. The molecule has 18 heavy (non-hydrogen) atoms. The summed E-state index contributed by atoms with van der Waals surface area (Å²) in [5, 5.41) is 0. The Kier molecular flexibility index (Phi) is 24.5. The van der Waals surface area contributed by atoms with E-state index in [4.69, 9.17) is 52.6 Å². The molecule has 110 valence electrons. The van der Waals surface area contributed by atoms with E-state index in [0.717, 1.165) is 0 Å². The molecule has 0 amide bonds. The van der Waals surface area contributed by atoms with Crippen molar-refractivity contribution in [2.75, 3.05) is 0 Å². The van der Waals surface area contributed by atoms with Crippen molar-refractivity contribution in [3.63, 3.8) is 0 Å². The summed E-state index contributed by atoms with van der Waals surface area (Å²) in [5.74, 6) is 0. The van der Waals surface area contributed by atoms with Crippen LogP contribution in [0.4, 0.5) is 0 Å². The second-order valence-electron chi connectivity index (χ2n) is 1.22. The number of hydrogen-bond acceptors (Lipinski definition) is 12. The molecule has 0 aliphatic carbocycles. The first-order chi connectivity index (χ1) is 7.00. The Bertz CT molecular complexity index is 346. The average molecular weight is 406 g/mol. The predicted molar refractivity (Wildman–Crippen MR) is 42.5 cm³/mol. The van der Waals surface area contributed by atoms with Gasteiger partial charge in [-0.15, -0.1) is 0 Å². The maximum atomic E-state index is 8.52. The molecule has 0 aromatic heterocycles. The molecule has 0 unspecified atom stereocenters. The molecule has 0 aliphatic rings. The summed E-state index contributed by atoms with van der Waals surface area (Å²) < 4.78 is 102. The van der Waals surface area contributed by atoms with Gasteiger partial charge in [0.25, 0.3) is 0 Å². The molecule has 0 aromatic rings. The molecule has 0 heterocycles. The van der Waals surface area contributed by atoms with Crippen molar-refractivity contribution in [1.82, 2.24) is 0 Å². The van der Waals surface area contributed by atoms with Crippen molar-refractivity contribution >= 4 is 31.2 Å². The van der Waals surface area contributed by atoms with Gasteiger partial charge in [-0.05, 0) is 0 Å². The fourth-order valence-electron chi connectivity index (χ4n) is 0. The summed E-state index contributed by atoms with van der Waals surface area (Å²) in [7, 11) is -15.5. The normalized spacial score (nSPS) is 10.0. The zero-order valence-corrected chi connectivity index (χ0v) is 13.7. The van der Waals surface area contributed by atoms with Gasteiger partial charge in [0.15, 0.2) is 0 Å². The predicted octanol–water partition coefficient (Wildman–Crippen LogP) is -3.18. The Labute approximate surface area is 129 Å². The largest absolute Gasteiger partial charge is 3.00 e. The first kappa shape index (κ1) is 31.2. The second kappa shape index (κ2) is 14.1. The fraction of sp³-hybridized carbons (Fsp3) is 0.500. The van der Waals surface area contributed by atoms with Crippen LogP contribution in [0.15, 0.2) is 0 Å². The molecule has 0 atom stereocenters. The van der Waals surface area contributed by atoms with Crippen molar-refractivity contribution in [2.24, 2.45) is 0 Å². The molecule has 16 heteroatoms. The Morgan fingerprint density at radius 2 is 0.556 bits per heavy atom. The number of rotatable bonds is 0. The maximum absolute atomic E-state index is 8.52. The molecular weight excluding hydrogens is 401 g/mol. The summed E-state index contributed by atoms with van der Waals surface area (Å²) in [5.41, 5.74) is 0. The van der Waals surface area contributed by atoms with E-state index in [1.165, 1.54) is 0 Å². The first-order valence-electron chi connectivity index (χ1n) is 2.71. The molecular formula is C2H5O12S3Y-4. The van der Waals surface area contributed by atoms with Crippen LogP contribution in [0.3, 0.4) is 0 Å². The summed E-state index contributed by atoms with van der Waals surface area (Å²) >= 11 is 0. The zero-order valence-electron chi connectivity index (χ0n) is 8.41. The van der Waals surface area contributed by atoms with Crippen molar-refractivity contribution in [3.8, 4) is 0 Å². The van der Waals surface area contributed by atoms with Gasteiger partial charge in [-0.25, -0.2) is 0 Å². The summed E-state index contributed by atoms with van der Waals surface area (Å²) in [6.45, 7) is 5.00. The third kappa shape index (κ3) is 8100. The van der Waals surface area contributed by atoms with E-state index in [0.29, 0.717) is 0 Å². The van der Waals surface area contributed by atoms with E-state index in [-0.39, 0.29) is 32.7 Å². The van der Waals surface area contributed by atoms with E-state index < -0.39 is 31.2 Å². The second-order valence-corrected chi connectivity index (χ2v) is 3.67. The molecule has 0 saturated heterocycles.